The van der Waals surface area contributed by atoms with Crippen LogP contribution in [0.4, 0.5) is 0 Å². The first-order chi connectivity index (χ1) is 10.2. The number of rotatable bonds is 6. The molecule has 0 aliphatic carbocycles. The van der Waals surface area contributed by atoms with Gasteiger partial charge in [-0.3, -0.25) is 4.79 Å². The Bertz CT molecular complexity index is 569. The van der Waals surface area contributed by atoms with E-state index < -0.39 is 0 Å². The molecular weight excluding hydrogens is 286 g/mol. The van der Waals surface area contributed by atoms with E-state index in [1.165, 1.54) is 0 Å². The van der Waals surface area contributed by atoms with Crippen molar-refractivity contribution >= 4 is 17.6 Å². The van der Waals surface area contributed by atoms with Gasteiger partial charge in [-0.25, -0.2) is 0 Å². The maximum absolute atomic E-state index is 12.3. The molecule has 0 saturated heterocycles. The van der Waals surface area contributed by atoms with Crippen molar-refractivity contribution in [1.29, 1.82) is 0 Å². The maximum Gasteiger partial charge on any atom is 0.314 e. The van der Waals surface area contributed by atoms with Crippen molar-refractivity contribution in [3.8, 4) is 5.75 Å². The first-order valence-corrected chi connectivity index (χ1v) is 7.28. The van der Waals surface area contributed by atoms with E-state index in [0.717, 1.165) is 5.56 Å². The highest BCUT2D eigenvalue weighted by atomic mass is 35.5. The number of halogens is 1. The van der Waals surface area contributed by atoms with Crippen molar-refractivity contribution in [1.82, 2.24) is 0 Å². The van der Waals surface area contributed by atoms with Crippen LogP contribution in [0.5, 0.6) is 5.75 Å². The van der Waals surface area contributed by atoms with Gasteiger partial charge in [0.05, 0.1) is 5.92 Å². The fourth-order valence-electron chi connectivity index (χ4n) is 2.11. The molecule has 1 atom stereocenters. The Morgan fingerprint density at radius 3 is 2.38 bits per heavy atom. The van der Waals surface area contributed by atoms with Gasteiger partial charge in [-0.1, -0.05) is 41.9 Å². The van der Waals surface area contributed by atoms with E-state index >= 15 is 0 Å². The Morgan fingerprint density at radius 1 is 1.10 bits per heavy atom. The van der Waals surface area contributed by atoms with Crippen LogP contribution in [0.3, 0.4) is 0 Å². The van der Waals surface area contributed by atoms with Gasteiger partial charge in [0.2, 0.25) is 0 Å². The molecule has 4 heteroatoms. The zero-order chi connectivity index (χ0) is 15.1. The first kappa shape index (κ1) is 15.5. The number of carbonyl (C=O) groups excluding carboxylic acids is 1. The monoisotopic (exact) mass is 303 g/mol. The zero-order valence-electron chi connectivity index (χ0n) is 11.7. The summed E-state index contributed by atoms with van der Waals surface area (Å²) in [5.74, 6) is -0.000753. The van der Waals surface area contributed by atoms with E-state index in [9.17, 15) is 4.79 Å². The molecule has 2 aromatic carbocycles. The van der Waals surface area contributed by atoms with Crippen molar-refractivity contribution in [3.05, 3.63) is 65.2 Å². The summed E-state index contributed by atoms with van der Waals surface area (Å²) >= 11 is 5.81. The van der Waals surface area contributed by atoms with Crippen LogP contribution >= 0.6 is 11.6 Å². The van der Waals surface area contributed by atoms with Gasteiger partial charge in [0.1, 0.15) is 5.75 Å². The Morgan fingerprint density at radius 2 is 1.76 bits per heavy atom. The summed E-state index contributed by atoms with van der Waals surface area (Å²) in [5, 5.41) is 0.609. The number of esters is 1. The van der Waals surface area contributed by atoms with Gasteiger partial charge in [0.25, 0.3) is 0 Å². The largest absolute Gasteiger partial charge is 0.426 e. The Kier molecular flexibility index (Phi) is 5.78. The fourth-order valence-corrected chi connectivity index (χ4v) is 2.23. The Hall–Kier alpha value is -1.84. The standard InChI is InChI=1S/C17H18ClNO2/c18-15-6-8-16(9-7-15)21-17(20)14(10-11-19)12-13-4-2-1-3-5-13/h1-9,14H,10-12,19H2. The molecule has 21 heavy (non-hydrogen) atoms. The number of hydrogen-bond acceptors (Lipinski definition) is 3. The fraction of sp³-hybridized carbons (Fsp3) is 0.235. The second-order valence-electron chi connectivity index (χ2n) is 4.84. The molecule has 110 valence electrons. The minimum atomic E-state index is -0.258. The second kappa shape index (κ2) is 7.81. The highest BCUT2D eigenvalue weighted by Crippen LogP contribution is 2.19. The van der Waals surface area contributed by atoms with Crippen LogP contribution in [0.25, 0.3) is 0 Å². The topological polar surface area (TPSA) is 52.3 Å². The summed E-state index contributed by atoms with van der Waals surface area (Å²) < 4.78 is 5.40. The van der Waals surface area contributed by atoms with E-state index in [1.54, 1.807) is 24.3 Å². The summed E-state index contributed by atoms with van der Waals surface area (Å²) in [6, 6.07) is 16.6. The van der Waals surface area contributed by atoms with Crippen molar-refractivity contribution in [3.63, 3.8) is 0 Å². The second-order valence-corrected chi connectivity index (χ2v) is 5.28. The molecule has 0 saturated carbocycles. The highest BCUT2D eigenvalue weighted by molar-refractivity contribution is 6.30. The van der Waals surface area contributed by atoms with E-state index in [0.29, 0.717) is 30.2 Å². The molecule has 0 amide bonds. The van der Waals surface area contributed by atoms with Gasteiger partial charge in [-0.2, -0.15) is 0 Å². The summed E-state index contributed by atoms with van der Waals surface area (Å²) in [6.45, 7) is 0.452. The summed E-state index contributed by atoms with van der Waals surface area (Å²) in [6.07, 6.45) is 1.23. The molecule has 0 heterocycles. The molecule has 2 aromatic rings. The van der Waals surface area contributed by atoms with Crippen LogP contribution in [0, 0.1) is 5.92 Å². The maximum atomic E-state index is 12.3. The van der Waals surface area contributed by atoms with Crippen LogP contribution < -0.4 is 10.5 Å². The van der Waals surface area contributed by atoms with Gasteiger partial charge in [-0.05, 0) is 49.2 Å². The van der Waals surface area contributed by atoms with Gasteiger partial charge in [-0.15, -0.1) is 0 Å². The van der Waals surface area contributed by atoms with Crippen molar-refractivity contribution in [2.45, 2.75) is 12.8 Å². The molecular formula is C17H18ClNO2. The molecule has 2 rings (SSSR count). The molecule has 0 radical (unpaired) electrons. The van der Waals surface area contributed by atoms with Crippen LogP contribution in [-0.2, 0) is 11.2 Å². The molecule has 3 nitrogen and oxygen atoms in total. The third kappa shape index (κ3) is 4.88. The zero-order valence-corrected chi connectivity index (χ0v) is 12.4. The SMILES string of the molecule is NCCC(Cc1ccccc1)C(=O)Oc1ccc(Cl)cc1. The minimum Gasteiger partial charge on any atom is -0.426 e. The van der Waals surface area contributed by atoms with Crippen LogP contribution in [0.2, 0.25) is 5.02 Å². The molecule has 0 aromatic heterocycles. The third-order valence-corrected chi connectivity index (χ3v) is 3.46. The number of hydrogen-bond donors (Lipinski definition) is 1. The molecule has 1 unspecified atom stereocenters. The predicted octanol–water partition coefficient (Wildman–Crippen LogP) is 3.45. The molecule has 0 spiro atoms. The summed E-state index contributed by atoms with van der Waals surface area (Å²) in [5.41, 5.74) is 6.71. The molecule has 0 bridgehead atoms. The van der Waals surface area contributed by atoms with Gasteiger partial charge in [0.15, 0.2) is 0 Å². The van der Waals surface area contributed by atoms with E-state index in [4.69, 9.17) is 22.1 Å². The first-order valence-electron chi connectivity index (χ1n) is 6.90. The summed E-state index contributed by atoms with van der Waals surface area (Å²) in [4.78, 5) is 12.3. The normalized spacial score (nSPS) is 11.9. The number of benzene rings is 2. The average molecular weight is 304 g/mol. The minimum absolute atomic E-state index is 0.243. The van der Waals surface area contributed by atoms with Crippen LogP contribution in [0.15, 0.2) is 54.6 Å². The molecule has 0 aliphatic rings. The lowest BCUT2D eigenvalue weighted by Gasteiger charge is -2.15. The van der Waals surface area contributed by atoms with E-state index in [1.807, 2.05) is 30.3 Å². The number of nitrogens with two attached hydrogens (primary N) is 1. The van der Waals surface area contributed by atoms with E-state index in [-0.39, 0.29) is 11.9 Å². The molecule has 2 N–H and O–H groups in total. The van der Waals surface area contributed by atoms with Gasteiger partial charge in [0, 0.05) is 5.02 Å². The quantitative estimate of drug-likeness (QED) is 0.657. The lowest BCUT2D eigenvalue weighted by Crippen LogP contribution is -2.25. The Balaban J connectivity index is 2.03. The lowest BCUT2D eigenvalue weighted by atomic mass is 9.96. The van der Waals surface area contributed by atoms with Crippen molar-refractivity contribution in [2.75, 3.05) is 6.54 Å². The van der Waals surface area contributed by atoms with Crippen molar-refractivity contribution < 1.29 is 9.53 Å². The molecule has 0 fully saturated rings. The number of ether oxygens (including phenoxy) is 1. The van der Waals surface area contributed by atoms with Gasteiger partial charge >= 0.3 is 5.97 Å². The third-order valence-electron chi connectivity index (χ3n) is 3.21. The Labute approximate surface area is 129 Å². The summed E-state index contributed by atoms with van der Waals surface area (Å²) in [7, 11) is 0. The van der Waals surface area contributed by atoms with Gasteiger partial charge < -0.3 is 10.5 Å². The smallest absolute Gasteiger partial charge is 0.314 e. The van der Waals surface area contributed by atoms with E-state index in [2.05, 4.69) is 0 Å². The lowest BCUT2D eigenvalue weighted by molar-refractivity contribution is -0.139. The average Bonchev–Trinajstić information content (AvgIpc) is 2.50. The molecule has 0 aliphatic heterocycles. The predicted molar refractivity (Wildman–Crippen MR) is 84.4 cm³/mol. The highest BCUT2D eigenvalue weighted by Gasteiger charge is 2.20. The van der Waals surface area contributed by atoms with Crippen molar-refractivity contribution in [2.24, 2.45) is 11.7 Å². The number of carbonyl (C=O) groups is 1. The van der Waals surface area contributed by atoms with Crippen LogP contribution in [-0.4, -0.2) is 12.5 Å². The van der Waals surface area contributed by atoms with Crippen LogP contribution in [0.1, 0.15) is 12.0 Å².